The van der Waals surface area contributed by atoms with Gasteiger partial charge in [-0.25, -0.2) is 0 Å². The minimum absolute atomic E-state index is 0.267. The fraction of sp³-hybridized carbons (Fsp3) is 0.684. The fourth-order valence-corrected chi connectivity index (χ4v) is 3.26. The second-order valence-electron chi connectivity index (χ2n) is 7.23. The summed E-state index contributed by atoms with van der Waals surface area (Å²) in [5.41, 5.74) is 1.72. The van der Waals surface area contributed by atoms with Crippen LogP contribution >= 0.6 is 0 Å². The van der Waals surface area contributed by atoms with Gasteiger partial charge in [0.1, 0.15) is 0 Å². The Bertz CT molecular complexity index is 415. The third-order valence-corrected chi connectivity index (χ3v) is 4.91. The van der Waals surface area contributed by atoms with E-state index in [0.717, 1.165) is 19.0 Å². The third kappa shape index (κ3) is 4.55. The topological polar surface area (TPSA) is 15.3 Å². The van der Waals surface area contributed by atoms with Crippen LogP contribution in [0.1, 0.15) is 58.6 Å². The lowest BCUT2D eigenvalue weighted by Crippen LogP contribution is -2.59. The maximum atomic E-state index is 3.78. The van der Waals surface area contributed by atoms with Crippen molar-refractivity contribution in [3.63, 3.8) is 0 Å². The largest absolute Gasteiger partial charge is 0.308 e. The summed E-state index contributed by atoms with van der Waals surface area (Å²) in [5.74, 6) is 0.806. The normalized spacial score (nSPS) is 27.2. The maximum Gasteiger partial charge on any atom is 0.0473 e. The van der Waals surface area contributed by atoms with Crippen molar-refractivity contribution in [2.45, 2.75) is 58.5 Å². The predicted octanol–water partition coefficient (Wildman–Crippen LogP) is 4.24. The van der Waals surface area contributed by atoms with Crippen molar-refractivity contribution in [1.29, 1.82) is 0 Å². The molecule has 1 heterocycles. The van der Waals surface area contributed by atoms with Crippen LogP contribution < -0.4 is 5.32 Å². The number of benzene rings is 1. The van der Waals surface area contributed by atoms with Gasteiger partial charge in [0, 0.05) is 24.7 Å². The Labute approximate surface area is 130 Å². The molecule has 1 aromatic rings. The van der Waals surface area contributed by atoms with Gasteiger partial charge in [0.25, 0.3) is 0 Å². The average molecular weight is 288 g/mol. The van der Waals surface area contributed by atoms with Crippen molar-refractivity contribution in [3.8, 4) is 0 Å². The van der Waals surface area contributed by atoms with Crippen LogP contribution in [-0.4, -0.2) is 30.1 Å². The van der Waals surface area contributed by atoms with E-state index in [1.807, 2.05) is 0 Å². The number of nitrogens with one attached hydrogen (secondary N) is 1. The van der Waals surface area contributed by atoms with Crippen molar-refractivity contribution in [2.75, 3.05) is 19.6 Å². The molecule has 2 rings (SSSR count). The van der Waals surface area contributed by atoms with E-state index in [4.69, 9.17) is 0 Å². The highest BCUT2D eigenvalue weighted by Crippen LogP contribution is 2.28. The molecule has 0 spiro atoms. The van der Waals surface area contributed by atoms with Gasteiger partial charge in [-0.2, -0.15) is 0 Å². The summed E-state index contributed by atoms with van der Waals surface area (Å²) in [6.45, 7) is 12.7. The number of hydrogen-bond acceptors (Lipinski definition) is 2. The molecule has 2 unspecified atom stereocenters. The minimum atomic E-state index is 0.267. The summed E-state index contributed by atoms with van der Waals surface area (Å²) in [6.07, 6.45) is 3.82. The van der Waals surface area contributed by atoms with Gasteiger partial charge in [0.2, 0.25) is 0 Å². The zero-order valence-electron chi connectivity index (χ0n) is 14.2. The van der Waals surface area contributed by atoms with Gasteiger partial charge in [-0.05, 0) is 44.2 Å². The van der Waals surface area contributed by atoms with E-state index in [-0.39, 0.29) is 5.54 Å². The molecule has 1 fully saturated rings. The summed E-state index contributed by atoms with van der Waals surface area (Å²) < 4.78 is 0. The SMILES string of the molecule is CCC1(C)CN(CCCC(C)C)C(c2ccccc2)CN1. The molecule has 0 saturated carbocycles. The fourth-order valence-electron chi connectivity index (χ4n) is 3.26. The summed E-state index contributed by atoms with van der Waals surface area (Å²) in [6, 6.07) is 11.5. The zero-order chi connectivity index (χ0) is 15.3. The predicted molar refractivity (Wildman–Crippen MR) is 91.5 cm³/mol. The number of rotatable bonds is 6. The number of hydrogen-bond donors (Lipinski definition) is 1. The molecule has 0 radical (unpaired) electrons. The Kier molecular flexibility index (Phi) is 5.83. The van der Waals surface area contributed by atoms with Crippen LogP contribution in [0.15, 0.2) is 30.3 Å². The molecular weight excluding hydrogens is 256 g/mol. The Balaban J connectivity index is 2.07. The van der Waals surface area contributed by atoms with Gasteiger partial charge in [0.05, 0.1) is 0 Å². The minimum Gasteiger partial charge on any atom is -0.308 e. The summed E-state index contributed by atoms with van der Waals surface area (Å²) in [4.78, 5) is 2.71. The van der Waals surface area contributed by atoms with E-state index in [0.29, 0.717) is 6.04 Å². The summed E-state index contributed by atoms with van der Waals surface area (Å²) >= 11 is 0. The first-order valence-corrected chi connectivity index (χ1v) is 8.58. The highest BCUT2D eigenvalue weighted by molar-refractivity contribution is 5.20. The van der Waals surface area contributed by atoms with Crippen molar-refractivity contribution >= 4 is 0 Å². The molecule has 1 aromatic carbocycles. The first kappa shape index (κ1) is 16.5. The van der Waals surface area contributed by atoms with Crippen molar-refractivity contribution in [1.82, 2.24) is 10.2 Å². The first-order chi connectivity index (χ1) is 10.0. The first-order valence-electron chi connectivity index (χ1n) is 8.58. The monoisotopic (exact) mass is 288 g/mol. The third-order valence-electron chi connectivity index (χ3n) is 4.91. The molecule has 2 heteroatoms. The van der Waals surface area contributed by atoms with Gasteiger partial charge in [-0.3, -0.25) is 4.90 Å². The zero-order valence-corrected chi connectivity index (χ0v) is 14.2. The molecule has 1 aliphatic rings. The highest BCUT2D eigenvalue weighted by atomic mass is 15.2. The van der Waals surface area contributed by atoms with Gasteiger partial charge in [-0.1, -0.05) is 51.1 Å². The Morgan fingerprint density at radius 1 is 1.29 bits per heavy atom. The van der Waals surface area contributed by atoms with Crippen molar-refractivity contribution in [3.05, 3.63) is 35.9 Å². The van der Waals surface area contributed by atoms with Crippen LogP contribution in [0.25, 0.3) is 0 Å². The second-order valence-corrected chi connectivity index (χ2v) is 7.23. The second kappa shape index (κ2) is 7.42. The molecule has 1 aliphatic heterocycles. The van der Waals surface area contributed by atoms with Crippen molar-refractivity contribution in [2.24, 2.45) is 5.92 Å². The molecular formula is C19H32N2. The molecule has 2 atom stereocenters. The highest BCUT2D eigenvalue weighted by Gasteiger charge is 2.34. The summed E-state index contributed by atoms with van der Waals surface area (Å²) in [7, 11) is 0. The van der Waals surface area contributed by atoms with Crippen LogP contribution in [0.4, 0.5) is 0 Å². The molecule has 2 nitrogen and oxygen atoms in total. The smallest absolute Gasteiger partial charge is 0.0473 e. The van der Waals surface area contributed by atoms with E-state index < -0.39 is 0 Å². The number of piperazine rings is 1. The molecule has 0 bridgehead atoms. The lowest BCUT2D eigenvalue weighted by Gasteiger charge is -2.46. The Morgan fingerprint density at radius 3 is 2.62 bits per heavy atom. The quantitative estimate of drug-likeness (QED) is 0.842. The van der Waals surface area contributed by atoms with Crippen LogP contribution in [0, 0.1) is 5.92 Å². The Morgan fingerprint density at radius 2 is 2.00 bits per heavy atom. The lowest BCUT2D eigenvalue weighted by atomic mass is 9.91. The van der Waals surface area contributed by atoms with E-state index in [9.17, 15) is 0 Å². The van der Waals surface area contributed by atoms with E-state index in [2.05, 4.69) is 68.2 Å². The van der Waals surface area contributed by atoms with Crippen LogP contribution in [0.5, 0.6) is 0 Å². The van der Waals surface area contributed by atoms with E-state index in [1.54, 1.807) is 0 Å². The lowest BCUT2D eigenvalue weighted by molar-refractivity contribution is 0.0815. The molecule has 0 aliphatic carbocycles. The van der Waals surface area contributed by atoms with Crippen LogP contribution in [-0.2, 0) is 0 Å². The molecule has 118 valence electrons. The maximum absolute atomic E-state index is 3.78. The van der Waals surface area contributed by atoms with Crippen molar-refractivity contribution < 1.29 is 0 Å². The Hall–Kier alpha value is -0.860. The standard InChI is InChI=1S/C19H32N2/c1-5-19(4)15-21(13-9-10-16(2)3)18(14-20-19)17-11-7-6-8-12-17/h6-8,11-12,16,18,20H,5,9-10,13-15H2,1-4H3. The number of nitrogens with zero attached hydrogens (tertiary/aromatic N) is 1. The summed E-state index contributed by atoms with van der Waals surface area (Å²) in [5, 5.41) is 3.78. The molecule has 21 heavy (non-hydrogen) atoms. The average Bonchev–Trinajstić information content (AvgIpc) is 2.48. The molecule has 0 amide bonds. The van der Waals surface area contributed by atoms with Gasteiger partial charge in [-0.15, -0.1) is 0 Å². The van der Waals surface area contributed by atoms with Gasteiger partial charge < -0.3 is 5.32 Å². The van der Waals surface area contributed by atoms with E-state index >= 15 is 0 Å². The van der Waals surface area contributed by atoms with Crippen LogP contribution in [0.3, 0.4) is 0 Å². The molecule has 1 saturated heterocycles. The van der Waals surface area contributed by atoms with Gasteiger partial charge in [0.15, 0.2) is 0 Å². The molecule has 1 N–H and O–H groups in total. The van der Waals surface area contributed by atoms with E-state index in [1.165, 1.54) is 31.4 Å². The van der Waals surface area contributed by atoms with Crippen LogP contribution in [0.2, 0.25) is 0 Å². The van der Waals surface area contributed by atoms with Gasteiger partial charge >= 0.3 is 0 Å². The molecule has 0 aromatic heterocycles.